The Morgan fingerprint density at radius 3 is 1.76 bits per heavy atom. The molecule has 0 unspecified atom stereocenters. The van der Waals surface area contributed by atoms with Crippen molar-refractivity contribution in [3.8, 4) is 0 Å². The highest BCUT2D eigenvalue weighted by molar-refractivity contribution is 6.27. The first-order valence-electron chi connectivity index (χ1n) is 11.5. The molecule has 0 saturated heterocycles. The van der Waals surface area contributed by atoms with E-state index in [0.717, 1.165) is 40.7 Å². The third-order valence-corrected chi connectivity index (χ3v) is 6.49. The number of carbonyl (C=O) groups is 2. The summed E-state index contributed by atoms with van der Waals surface area (Å²) >= 11 is 0. The average Bonchev–Trinajstić information content (AvgIpc) is 2.87. The Kier molecular flexibility index (Phi) is 5.43. The molecule has 0 aliphatic carbocycles. The van der Waals surface area contributed by atoms with E-state index < -0.39 is 0 Å². The molecule has 5 rings (SSSR count). The van der Waals surface area contributed by atoms with E-state index in [1.165, 1.54) is 4.90 Å². The zero-order chi connectivity index (χ0) is 22.9. The van der Waals surface area contributed by atoms with Gasteiger partial charge < -0.3 is 4.90 Å². The highest BCUT2D eigenvalue weighted by Gasteiger charge is 2.37. The quantitative estimate of drug-likeness (QED) is 0.304. The van der Waals surface area contributed by atoms with Crippen LogP contribution in [0.25, 0.3) is 10.8 Å². The van der Waals surface area contributed by atoms with E-state index >= 15 is 0 Å². The van der Waals surface area contributed by atoms with E-state index in [4.69, 9.17) is 0 Å². The Balaban J connectivity index is 1.76. The molecule has 1 aliphatic heterocycles. The zero-order valence-electron chi connectivity index (χ0n) is 18.9. The van der Waals surface area contributed by atoms with Crippen LogP contribution >= 0.6 is 0 Å². The summed E-state index contributed by atoms with van der Waals surface area (Å²) in [4.78, 5) is 30.6. The second-order valence-corrected chi connectivity index (χ2v) is 8.32. The summed E-state index contributed by atoms with van der Waals surface area (Å²) in [5.41, 5.74) is 4.14. The molecular formula is C29H26N2O2. The predicted molar refractivity (Wildman–Crippen MR) is 134 cm³/mol. The van der Waals surface area contributed by atoms with E-state index in [0.29, 0.717) is 11.1 Å². The molecule has 0 saturated carbocycles. The molecule has 33 heavy (non-hydrogen) atoms. The Labute approximate surface area is 194 Å². The lowest BCUT2D eigenvalue weighted by atomic mass is 9.91. The fourth-order valence-corrected chi connectivity index (χ4v) is 4.86. The Bertz CT molecular complexity index is 1270. The van der Waals surface area contributed by atoms with E-state index in [9.17, 15) is 9.59 Å². The van der Waals surface area contributed by atoms with Crippen molar-refractivity contribution in [1.29, 1.82) is 0 Å². The molecule has 4 nitrogen and oxygen atoms in total. The van der Waals surface area contributed by atoms with Crippen molar-refractivity contribution in [3.63, 3.8) is 0 Å². The number of hydrogen-bond acceptors (Lipinski definition) is 3. The number of imide groups is 1. The molecule has 4 heteroatoms. The van der Waals surface area contributed by atoms with Crippen LogP contribution in [0.3, 0.4) is 0 Å². The Hall–Kier alpha value is -3.92. The predicted octanol–water partition coefficient (Wildman–Crippen LogP) is 7.09. The van der Waals surface area contributed by atoms with E-state index in [2.05, 4.69) is 29.2 Å². The maximum absolute atomic E-state index is 13.5. The fourth-order valence-electron chi connectivity index (χ4n) is 4.86. The standard InChI is InChI=1S/C29H26N2O2/c1-3-20(4-2)31-28(32)24-17-11-16-23-26(19-18-25(27(23)24)29(31)33)30(21-12-7-5-8-13-21)22-14-9-6-10-15-22/h5-20H,3-4H2,1-2H3. The van der Waals surface area contributed by atoms with E-state index in [1.807, 2.05) is 80.6 Å². The molecule has 164 valence electrons. The van der Waals surface area contributed by atoms with Gasteiger partial charge in [0.25, 0.3) is 11.8 Å². The van der Waals surface area contributed by atoms with Gasteiger partial charge in [-0.1, -0.05) is 62.4 Å². The van der Waals surface area contributed by atoms with Crippen molar-refractivity contribution in [3.05, 3.63) is 102 Å². The minimum Gasteiger partial charge on any atom is -0.310 e. The monoisotopic (exact) mass is 434 g/mol. The van der Waals surface area contributed by atoms with E-state index in [-0.39, 0.29) is 17.9 Å². The number of carbonyl (C=O) groups excluding carboxylic acids is 2. The first kappa shape index (κ1) is 21.0. The number of para-hydroxylation sites is 2. The van der Waals surface area contributed by atoms with Crippen molar-refractivity contribution >= 4 is 39.6 Å². The van der Waals surface area contributed by atoms with Crippen molar-refractivity contribution in [2.75, 3.05) is 4.90 Å². The van der Waals surface area contributed by atoms with Crippen LogP contribution in [0.1, 0.15) is 47.4 Å². The summed E-state index contributed by atoms with van der Waals surface area (Å²) in [6.07, 6.45) is 1.49. The number of amides is 2. The van der Waals surface area contributed by atoms with Gasteiger partial charge in [0.05, 0.1) is 5.69 Å². The first-order chi connectivity index (χ1) is 16.2. The van der Waals surface area contributed by atoms with Crippen molar-refractivity contribution < 1.29 is 9.59 Å². The molecule has 0 N–H and O–H groups in total. The van der Waals surface area contributed by atoms with Gasteiger partial charge in [-0.3, -0.25) is 14.5 Å². The van der Waals surface area contributed by atoms with Gasteiger partial charge in [0.15, 0.2) is 0 Å². The molecule has 1 heterocycles. The molecule has 4 aromatic carbocycles. The summed E-state index contributed by atoms with van der Waals surface area (Å²) in [5.74, 6) is -0.398. The zero-order valence-corrected chi connectivity index (χ0v) is 18.9. The van der Waals surface area contributed by atoms with Crippen LogP contribution in [-0.4, -0.2) is 22.8 Å². The van der Waals surface area contributed by atoms with Crippen LogP contribution in [0.5, 0.6) is 0 Å². The highest BCUT2D eigenvalue weighted by atomic mass is 16.2. The minimum absolute atomic E-state index is 0.0989. The van der Waals surface area contributed by atoms with Crippen LogP contribution in [0.2, 0.25) is 0 Å². The normalized spacial score (nSPS) is 13.1. The van der Waals surface area contributed by atoms with Gasteiger partial charge in [-0.05, 0) is 55.3 Å². The molecule has 0 aromatic heterocycles. The second kappa shape index (κ2) is 8.55. The van der Waals surface area contributed by atoms with Gasteiger partial charge in [0.2, 0.25) is 0 Å². The van der Waals surface area contributed by atoms with Crippen molar-refractivity contribution in [2.45, 2.75) is 32.7 Å². The first-order valence-corrected chi connectivity index (χ1v) is 11.5. The number of rotatable bonds is 6. The molecule has 0 bridgehead atoms. The third kappa shape index (κ3) is 3.39. The number of nitrogens with zero attached hydrogens (tertiary/aromatic N) is 2. The summed E-state index contributed by atoms with van der Waals surface area (Å²) in [7, 11) is 0. The van der Waals surface area contributed by atoms with Crippen LogP contribution < -0.4 is 4.90 Å². The molecule has 0 fully saturated rings. The van der Waals surface area contributed by atoms with Gasteiger partial charge in [-0.2, -0.15) is 0 Å². The maximum atomic E-state index is 13.5. The Morgan fingerprint density at radius 1 is 0.667 bits per heavy atom. The molecule has 0 spiro atoms. The minimum atomic E-state index is -0.199. The fraction of sp³-hybridized carbons (Fsp3) is 0.172. The Morgan fingerprint density at radius 2 is 1.21 bits per heavy atom. The average molecular weight is 435 g/mol. The number of hydrogen-bond donors (Lipinski definition) is 0. The smallest absolute Gasteiger partial charge is 0.261 e. The summed E-state index contributed by atoms with van der Waals surface area (Å²) in [6.45, 7) is 4.04. The lowest BCUT2D eigenvalue weighted by molar-refractivity contribution is 0.0530. The van der Waals surface area contributed by atoms with E-state index in [1.54, 1.807) is 0 Å². The lowest BCUT2D eigenvalue weighted by Crippen LogP contribution is -2.46. The lowest BCUT2D eigenvalue weighted by Gasteiger charge is -2.34. The van der Waals surface area contributed by atoms with Gasteiger partial charge in [-0.15, -0.1) is 0 Å². The van der Waals surface area contributed by atoms with Crippen LogP contribution in [0.4, 0.5) is 17.1 Å². The molecule has 4 aromatic rings. The van der Waals surface area contributed by atoms with Gasteiger partial charge in [-0.25, -0.2) is 0 Å². The number of benzene rings is 4. The largest absolute Gasteiger partial charge is 0.310 e. The van der Waals surface area contributed by atoms with Crippen LogP contribution in [-0.2, 0) is 0 Å². The molecular weight excluding hydrogens is 408 g/mol. The molecule has 1 aliphatic rings. The molecule has 2 amide bonds. The SMILES string of the molecule is CCC(CC)N1C(=O)c2cccc3c(N(c4ccccc4)c4ccccc4)ccc(c23)C1=O. The van der Waals surface area contributed by atoms with Crippen molar-refractivity contribution in [2.24, 2.45) is 0 Å². The van der Waals surface area contributed by atoms with Gasteiger partial charge in [0.1, 0.15) is 0 Å². The number of anilines is 3. The molecule has 0 atom stereocenters. The third-order valence-electron chi connectivity index (χ3n) is 6.49. The highest BCUT2D eigenvalue weighted by Crippen LogP contribution is 2.42. The summed E-state index contributed by atoms with van der Waals surface area (Å²) < 4.78 is 0. The molecule has 0 radical (unpaired) electrons. The summed E-state index contributed by atoms with van der Waals surface area (Å²) in [6, 6.07) is 29.8. The maximum Gasteiger partial charge on any atom is 0.261 e. The topological polar surface area (TPSA) is 40.6 Å². The van der Waals surface area contributed by atoms with Gasteiger partial charge in [0, 0.05) is 39.3 Å². The summed E-state index contributed by atoms with van der Waals surface area (Å²) in [5, 5.41) is 1.63. The van der Waals surface area contributed by atoms with Crippen LogP contribution in [0.15, 0.2) is 91.0 Å². The van der Waals surface area contributed by atoms with Crippen molar-refractivity contribution in [1.82, 2.24) is 4.90 Å². The van der Waals surface area contributed by atoms with Crippen LogP contribution in [0, 0.1) is 0 Å². The second-order valence-electron chi connectivity index (χ2n) is 8.32. The van der Waals surface area contributed by atoms with Gasteiger partial charge >= 0.3 is 0 Å².